The summed E-state index contributed by atoms with van der Waals surface area (Å²) in [7, 11) is 0. The van der Waals surface area contributed by atoms with Gasteiger partial charge in [-0.05, 0) is 112 Å². The van der Waals surface area contributed by atoms with Crippen LogP contribution in [0.1, 0.15) is 37.8 Å². The van der Waals surface area contributed by atoms with Crippen molar-refractivity contribution in [1.29, 1.82) is 0 Å². The largest absolute Gasteiger partial charge is 0.313 e. The number of nitrogens with zero attached hydrogens (tertiary/aromatic N) is 5. The predicted octanol–water partition coefficient (Wildman–Crippen LogP) is 16.9. The van der Waals surface area contributed by atoms with E-state index in [4.69, 9.17) is 15.0 Å². The van der Waals surface area contributed by atoms with Crippen LogP contribution in [0.5, 0.6) is 0 Å². The van der Waals surface area contributed by atoms with Crippen molar-refractivity contribution in [3.05, 3.63) is 236 Å². The summed E-state index contributed by atoms with van der Waals surface area (Å²) in [6.45, 7) is 4.63. The van der Waals surface area contributed by atoms with Gasteiger partial charge in [0.25, 0.3) is 0 Å². The van der Waals surface area contributed by atoms with Gasteiger partial charge in [-0.15, -0.1) is 0 Å². The molecule has 336 valence electrons. The van der Waals surface area contributed by atoms with E-state index in [1.54, 1.807) is 0 Å². The van der Waals surface area contributed by atoms with Gasteiger partial charge in [0.15, 0.2) is 17.5 Å². The van der Waals surface area contributed by atoms with Crippen LogP contribution in [0.15, 0.2) is 224 Å². The minimum Gasteiger partial charge on any atom is -0.313 e. The zero-order valence-electron chi connectivity index (χ0n) is 39.5. The second-order valence-corrected chi connectivity index (χ2v) is 19.4. The average molecular weight is 910 g/mol. The highest BCUT2D eigenvalue weighted by atomic mass is 15.1. The fourth-order valence-corrected chi connectivity index (χ4v) is 11.8. The van der Waals surface area contributed by atoms with E-state index >= 15 is 0 Å². The fraction of sp³-hybridized carbons (Fsp3) is 0.0758. The lowest BCUT2D eigenvalue weighted by atomic mass is 9.82. The Morgan fingerprint density at radius 3 is 1.66 bits per heavy atom. The SMILES string of the molecule is CC1(C)c2ccccc2-c2cc(-c3nc(-c4cccc(-c5ccccc5)c4)nc(-c4ccccc4-n4c5ccccc5c5c(-c6cccc7c6c6ccccc6n7C6=CC=CCC6)cccc54)n3)ccc21. The number of aromatic nitrogens is 5. The van der Waals surface area contributed by atoms with Crippen molar-refractivity contribution in [2.75, 3.05) is 0 Å². The van der Waals surface area contributed by atoms with E-state index in [1.165, 1.54) is 71.7 Å². The van der Waals surface area contributed by atoms with Crippen molar-refractivity contribution < 1.29 is 0 Å². The zero-order valence-corrected chi connectivity index (χ0v) is 39.5. The summed E-state index contributed by atoms with van der Waals surface area (Å²) in [6, 6.07) is 74.5. The monoisotopic (exact) mass is 909 g/mol. The molecule has 0 saturated carbocycles. The molecule has 0 N–H and O–H groups in total. The van der Waals surface area contributed by atoms with Crippen molar-refractivity contribution in [2.24, 2.45) is 0 Å². The molecule has 0 radical (unpaired) electrons. The van der Waals surface area contributed by atoms with E-state index in [0.717, 1.165) is 57.4 Å². The number of allylic oxidation sites excluding steroid dienone is 4. The van der Waals surface area contributed by atoms with Crippen LogP contribution in [0.3, 0.4) is 0 Å². The minimum absolute atomic E-state index is 0.116. The number of rotatable bonds is 7. The lowest BCUT2D eigenvalue weighted by Gasteiger charge is -2.21. The van der Waals surface area contributed by atoms with Gasteiger partial charge >= 0.3 is 0 Å². The third-order valence-electron chi connectivity index (χ3n) is 15.1. The smallest absolute Gasteiger partial charge is 0.166 e. The normalized spacial score (nSPS) is 13.8. The Balaban J connectivity index is 0.989. The van der Waals surface area contributed by atoms with Crippen LogP contribution in [-0.4, -0.2) is 24.1 Å². The summed E-state index contributed by atoms with van der Waals surface area (Å²) in [5, 5.41) is 4.91. The van der Waals surface area contributed by atoms with E-state index in [9.17, 15) is 0 Å². The Labute approximate surface area is 412 Å². The summed E-state index contributed by atoms with van der Waals surface area (Å²) in [6.07, 6.45) is 8.78. The van der Waals surface area contributed by atoms with Gasteiger partial charge in [0.05, 0.1) is 27.8 Å². The van der Waals surface area contributed by atoms with Crippen molar-refractivity contribution in [3.8, 4) is 73.2 Å². The van der Waals surface area contributed by atoms with Crippen molar-refractivity contribution >= 4 is 49.3 Å². The number of hydrogen-bond acceptors (Lipinski definition) is 3. The van der Waals surface area contributed by atoms with Crippen molar-refractivity contribution in [3.63, 3.8) is 0 Å². The lowest BCUT2D eigenvalue weighted by Crippen LogP contribution is -2.14. The van der Waals surface area contributed by atoms with Gasteiger partial charge in [-0.1, -0.05) is 184 Å². The second kappa shape index (κ2) is 16.1. The van der Waals surface area contributed by atoms with E-state index < -0.39 is 0 Å². The molecule has 0 unspecified atom stereocenters. The van der Waals surface area contributed by atoms with Crippen LogP contribution in [-0.2, 0) is 5.41 Å². The summed E-state index contributed by atoms with van der Waals surface area (Å²) >= 11 is 0. The quantitative estimate of drug-likeness (QED) is 0.160. The predicted molar refractivity (Wildman–Crippen MR) is 295 cm³/mol. The Hall–Kier alpha value is -8.93. The molecule has 0 spiro atoms. The maximum Gasteiger partial charge on any atom is 0.166 e. The van der Waals surface area contributed by atoms with E-state index in [1.807, 2.05) is 0 Å². The topological polar surface area (TPSA) is 48.5 Å². The first-order valence-corrected chi connectivity index (χ1v) is 24.7. The van der Waals surface area contributed by atoms with Crippen LogP contribution >= 0.6 is 0 Å². The standard InChI is InChI=1S/C66H47N5/c1-66(2)54-32-13-9-26-47(54)53-41-45(38-39-55(53)66)64-67-63(44-23-17-22-43(40-44)42-20-5-3-6-21-42)68-65(69-64)52-29-12-16-35-58(52)71-57-34-15-11-28-51(57)62-49(31-19-37-60(62)71)48-30-18-36-59-61(48)50-27-10-14-33-56(50)70(59)46-24-7-4-8-25-46/h3-7,9-24,26-41H,8,25H2,1-2H3. The molecular formula is C66H47N5. The minimum atomic E-state index is -0.116. The molecule has 0 atom stereocenters. The van der Waals surface area contributed by atoms with Gasteiger partial charge < -0.3 is 9.13 Å². The Bertz CT molecular complexity index is 4200. The average Bonchev–Trinajstić information content (AvgIpc) is 4.04. The highest BCUT2D eigenvalue weighted by Gasteiger charge is 2.35. The molecule has 2 aliphatic carbocycles. The third-order valence-corrected chi connectivity index (χ3v) is 15.1. The number of fused-ring (bicyclic) bond motifs is 9. The van der Waals surface area contributed by atoms with Crippen LogP contribution < -0.4 is 0 Å². The number of benzene rings is 9. The van der Waals surface area contributed by atoms with E-state index in [2.05, 4.69) is 247 Å². The first-order chi connectivity index (χ1) is 35.0. The lowest BCUT2D eigenvalue weighted by molar-refractivity contribution is 0.660. The van der Waals surface area contributed by atoms with Gasteiger partial charge in [0, 0.05) is 49.3 Å². The first kappa shape index (κ1) is 41.1. The molecule has 0 aliphatic heterocycles. The molecule has 0 saturated heterocycles. The Morgan fingerprint density at radius 2 is 0.930 bits per heavy atom. The summed E-state index contributed by atoms with van der Waals surface area (Å²) in [5.74, 6) is 1.86. The van der Waals surface area contributed by atoms with Crippen LogP contribution in [0.25, 0.3) is 123 Å². The van der Waals surface area contributed by atoms with Crippen molar-refractivity contribution in [2.45, 2.75) is 32.1 Å². The highest BCUT2D eigenvalue weighted by molar-refractivity contribution is 6.22. The van der Waals surface area contributed by atoms with Gasteiger partial charge in [-0.3, -0.25) is 0 Å². The van der Waals surface area contributed by atoms with Crippen LogP contribution in [0, 0.1) is 0 Å². The molecule has 5 nitrogen and oxygen atoms in total. The fourth-order valence-electron chi connectivity index (χ4n) is 11.8. The molecule has 14 rings (SSSR count). The van der Waals surface area contributed by atoms with E-state index in [-0.39, 0.29) is 5.41 Å². The molecule has 5 heteroatoms. The molecule has 9 aromatic carbocycles. The molecule has 0 fully saturated rings. The molecule has 0 bridgehead atoms. The first-order valence-electron chi connectivity index (χ1n) is 24.7. The maximum absolute atomic E-state index is 5.45. The Kier molecular flexibility index (Phi) is 9.30. The van der Waals surface area contributed by atoms with Crippen LogP contribution in [0.2, 0.25) is 0 Å². The highest BCUT2D eigenvalue weighted by Crippen LogP contribution is 2.50. The van der Waals surface area contributed by atoms with Gasteiger partial charge in [0.1, 0.15) is 0 Å². The zero-order chi connectivity index (χ0) is 47.2. The van der Waals surface area contributed by atoms with Crippen molar-refractivity contribution in [1.82, 2.24) is 24.1 Å². The molecule has 71 heavy (non-hydrogen) atoms. The third kappa shape index (κ3) is 6.43. The maximum atomic E-state index is 5.45. The molecule has 12 aromatic rings. The summed E-state index contributed by atoms with van der Waals surface area (Å²) in [5.41, 5.74) is 19.5. The number of para-hydroxylation sites is 3. The summed E-state index contributed by atoms with van der Waals surface area (Å²) in [4.78, 5) is 16.2. The second-order valence-electron chi connectivity index (χ2n) is 19.4. The summed E-state index contributed by atoms with van der Waals surface area (Å²) < 4.78 is 4.90. The van der Waals surface area contributed by atoms with Gasteiger partial charge in [-0.2, -0.15) is 0 Å². The Morgan fingerprint density at radius 1 is 0.394 bits per heavy atom. The molecular weight excluding hydrogens is 863 g/mol. The number of hydrogen-bond donors (Lipinski definition) is 0. The van der Waals surface area contributed by atoms with E-state index in [0.29, 0.717) is 17.5 Å². The molecule has 3 aromatic heterocycles. The molecule has 3 heterocycles. The van der Waals surface area contributed by atoms with Crippen LogP contribution in [0.4, 0.5) is 0 Å². The molecule has 0 amide bonds. The van der Waals surface area contributed by atoms with Gasteiger partial charge in [0.2, 0.25) is 0 Å². The van der Waals surface area contributed by atoms with Gasteiger partial charge in [-0.25, -0.2) is 15.0 Å². The molecule has 2 aliphatic rings.